The number of aryl methyl sites for hydroxylation is 1. The van der Waals surface area contributed by atoms with Crippen LogP contribution in [0.2, 0.25) is 0 Å². The predicted octanol–water partition coefficient (Wildman–Crippen LogP) is 3.51. The van der Waals surface area contributed by atoms with Crippen molar-refractivity contribution in [2.24, 2.45) is 0 Å². The van der Waals surface area contributed by atoms with Crippen molar-refractivity contribution in [3.8, 4) is 11.5 Å². The summed E-state index contributed by atoms with van der Waals surface area (Å²) < 4.78 is 33.9. The summed E-state index contributed by atoms with van der Waals surface area (Å²) in [5.74, 6) is -0.227. The number of rotatable bonds is 6. The molecule has 0 aliphatic heterocycles. The molecule has 1 atom stereocenters. The van der Waals surface area contributed by atoms with Crippen LogP contribution in [0.25, 0.3) is 11.5 Å². The fourth-order valence-corrected chi connectivity index (χ4v) is 3.37. The highest BCUT2D eigenvalue weighted by molar-refractivity contribution is 7.89. The van der Waals surface area contributed by atoms with Gasteiger partial charge >= 0.3 is 5.97 Å². The second kappa shape index (κ2) is 7.93. The third-order valence-electron chi connectivity index (χ3n) is 3.96. The maximum atomic E-state index is 12.4. The van der Waals surface area contributed by atoms with Crippen molar-refractivity contribution in [2.75, 3.05) is 6.26 Å². The molecule has 1 heterocycles. The molecule has 1 unspecified atom stereocenters. The third-order valence-corrected chi connectivity index (χ3v) is 4.82. The molecular weight excluding hydrogens is 380 g/mol. The van der Waals surface area contributed by atoms with E-state index in [0.717, 1.165) is 17.4 Å². The van der Waals surface area contributed by atoms with Crippen LogP contribution in [-0.4, -0.2) is 30.8 Å². The third kappa shape index (κ3) is 5.04. The van der Waals surface area contributed by atoms with Gasteiger partial charge < -0.3 is 9.15 Å². The topological polar surface area (TPSA) is 99.4 Å². The lowest BCUT2D eigenvalue weighted by atomic mass is 10.1. The molecule has 3 aromatic rings. The lowest BCUT2D eigenvalue weighted by molar-refractivity contribution is 0.0279. The normalized spacial score (nSPS) is 12.5. The second-order valence-corrected chi connectivity index (χ2v) is 8.77. The molecule has 0 bridgehead atoms. The molecule has 0 aliphatic carbocycles. The van der Waals surface area contributed by atoms with Crippen molar-refractivity contribution in [3.63, 3.8) is 0 Å². The SMILES string of the molecule is Cc1ccc(-c2nnc(C(C)OC(=O)c3cccc(CS(C)(=O)=O)c3)o2)cc1. The summed E-state index contributed by atoms with van der Waals surface area (Å²) in [6.07, 6.45) is 0.388. The maximum Gasteiger partial charge on any atom is 0.338 e. The number of hydrogen-bond donors (Lipinski definition) is 0. The van der Waals surface area contributed by atoms with E-state index < -0.39 is 21.9 Å². The van der Waals surface area contributed by atoms with Gasteiger partial charge in [0.2, 0.25) is 5.89 Å². The molecule has 7 nitrogen and oxygen atoms in total. The second-order valence-electron chi connectivity index (χ2n) is 6.63. The molecule has 0 fully saturated rings. The van der Waals surface area contributed by atoms with E-state index in [1.54, 1.807) is 25.1 Å². The zero-order chi connectivity index (χ0) is 20.3. The predicted molar refractivity (Wildman–Crippen MR) is 103 cm³/mol. The Balaban J connectivity index is 1.71. The molecule has 8 heteroatoms. The van der Waals surface area contributed by atoms with Gasteiger partial charge in [0.05, 0.1) is 11.3 Å². The summed E-state index contributed by atoms with van der Waals surface area (Å²) in [6.45, 7) is 3.61. The molecule has 2 aromatic carbocycles. The molecule has 146 valence electrons. The van der Waals surface area contributed by atoms with Gasteiger partial charge in [-0.3, -0.25) is 0 Å². The highest BCUT2D eigenvalue weighted by atomic mass is 32.2. The molecule has 0 amide bonds. The minimum atomic E-state index is -3.20. The summed E-state index contributed by atoms with van der Waals surface area (Å²) >= 11 is 0. The lowest BCUT2D eigenvalue weighted by Gasteiger charge is -2.10. The van der Waals surface area contributed by atoms with E-state index in [1.807, 2.05) is 31.2 Å². The van der Waals surface area contributed by atoms with Gasteiger partial charge in [-0.1, -0.05) is 29.8 Å². The van der Waals surface area contributed by atoms with Gasteiger partial charge in [0.1, 0.15) is 0 Å². The number of esters is 1. The highest BCUT2D eigenvalue weighted by Crippen LogP contribution is 2.23. The van der Waals surface area contributed by atoms with E-state index in [-0.39, 0.29) is 17.2 Å². The van der Waals surface area contributed by atoms with Gasteiger partial charge in [-0.15, -0.1) is 10.2 Å². The van der Waals surface area contributed by atoms with E-state index in [0.29, 0.717) is 11.5 Å². The van der Waals surface area contributed by atoms with Gasteiger partial charge in [0.25, 0.3) is 5.89 Å². The van der Waals surface area contributed by atoms with E-state index in [1.165, 1.54) is 6.07 Å². The number of nitrogens with zero attached hydrogens (tertiary/aromatic N) is 2. The van der Waals surface area contributed by atoms with Gasteiger partial charge in [-0.25, -0.2) is 13.2 Å². The smallest absolute Gasteiger partial charge is 0.338 e. The zero-order valence-electron chi connectivity index (χ0n) is 15.7. The number of sulfone groups is 1. The van der Waals surface area contributed by atoms with E-state index in [9.17, 15) is 13.2 Å². The molecule has 0 N–H and O–H groups in total. The fraction of sp³-hybridized carbons (Fsp3) is 0.250. The van der Waals surface area contributed by atoms with Crippen molar-refractivity contribution in [2.45, 2.75) is 25.7 Å². The molecule has 0 saturated carbocycles. The van der Waals surface area contributed by atoms with Crippen molar-refractivity contribution in [1.82, 2.24) is 10.2 Å². The minimum absolute atomic E-state index is 0.146. The summed E-state index contributed by atoms with van der Waals surface area (Å²) in [5, 5.41) is 7.95. The summed E-state index contributed by atoms with van der Waals surface area (Å²) in [6, 6.07) is 13.9. The van der Waals surface area contributed by atoms with E-state index >= 15 is 0 Å². The Bertz CT molecular complexity index is 1090. The molecular formula is C20H20N2O5S. The molecule has 0 aliphatic rings. The van der Waals surface area contributed by atoms with Gasteiger partial charge in [-0.2, -0.15) is 0 Å². The standard InChI is InChI=1S/C20H20N2O5S/c1-13-7-9-16(10-8-13)19-22-21-18(27-19)14(2)26-20(23)17-6-4-5-15(11-17)12-28(3,24)25/h4-11,14H,12H2,1-3H3. The van der Waals surface area contributed by atoms with Crippen LogP contribution in [0.15, 0.2) is 52.9 Å². The van der Waals surface area contributed by atoms with Crippen LogP contribution in [0, 0.1) is 6.92 Å². The number of carbonyl (C=O) groups excluding carboxylic acids is 1. The minimum Gasteiger partial charge on any atom is -0.449 e. The van der Waals surface area contributed by atoms with Gasteiger partial charge in [-0.05, 0) is 43.7 Å². The average molecular weight is 400 g/mol. The van der Waals surface area contributed by atoms with Crippen LogP contribution in [0.4, 0.5) is 0 Å². The zero-order valence-corrected chi connectivity index (χ0v) is 16.6. The Morgan fingerprint density at radius 1 is 1.14 bits per heavy atom. The Morgan fingerprint density at radius 3 is 2.54 bits per heavy atom. The number of hydrogen-bond acceptors (Lipinski definition) is 7. The van der Waals surface area contributed by atoms with Crippen molar-refractivity contribution >= 4 is 15.8 Å². The molecule has 0 spiro atoms. The van der Waals surface area contributed by atoms with Crippen LogP contribution in [0.1, 0.15) is 40.4 Å². The molecule has 3 rings (SSSR count). The molecule has 0 radical (unpaired) electrons. The molecule has 28 heavy (non-hydrogen) atoms. The maximum absolute atomic E-state index is 12.4. The molecule has 0 saturated heterocycles. The Morgan fingerprint density at radius 2 is 1.86 bits per heavy atom. The van der Waals surface area contributed by atoms with Crippen LogP contribution in [0.5, 0.6) is 0 Å². The number of aromatic nitrogens is 2. The van der Waals surface area contributed by atoms with Gasteiger partial charge in [0, 0.05) is 11.8 Å². The fourth-order valence-electron chi connectivity index (χ4n) is 2.58. The molecule has 1 aromatic heterocycles. The quantitative estimate of drug-likeness (QED) is 0.584. The van der Waals surface area contributed by atoms with Crippen LogP contribution < -0.4 is 0 Å². The Hall–Kier alpha value is -3.00. The lowest BCUT2D eigenvalue weighted by Crippen LogP contribution is -2.10. The first-order valence-corrected chi connectivity index (χ1v) is 10.7. The summed E-state index contributed by atoms with van der Waals surface area (Å²) in [4.78, 5) is 12.4. The summed E-state index contributed by atoms with van der Waals surface area (Å²) in [5.41, 5.74) is 2.66. The Labute approximate surface area is 163 Å². The van der Waals surface area contributed by atoms with Crippen LogP contribution in [0.3, 0.4) is 0 Å². The summed E-state index contributed by atoms with van der Waals surface area (Å²) in [7, 11) is -3.20. The van der Waals surface area contributed by atoms with E-state index in [4.69, 9.17) is 9.15 Å². The average Bonchev–Trinajstić information content (AvgIpc) is 3.11. The number of benzene rings is 2. The Kier molecular flexibility index (Phi) is 5.60. The van der Waals surface area contributed by atoms with E-state index in [2.05, 4.69) is 10.2 Å². The van der Waals surface area contributed by atoms with Crippen molar-refractivity contribution in [1.29, 1.82) is 0 Å². The highest BCUT2D eigenvalue weighted by Gasteiger charge is 2.20. The largest absolute Gasteiger partial charge is 0.449 e. The first-order chi connectivity index (χ1) is 13.2. The van der Waals surface area contributed by atoms with Crippen LogP contribution in [-0.2, 0) is 20.3 Å². The van der Waals surface area contributed by atoms with Crippen LogP contribution >= 0.6 is 0 Å². The first-order valence-electron chi connectivity index (χ1n) is 8.59. The van der Waals surface area contributed by atoms with Crippen molar-refractivity contribution in [3.05, 3.63) is 71.1 Å². The monoisotopic (exact) mass is 400 g/mol. The van der Waals surface area contributed by atoms with Crippen molar-refractivity contribution < 1.29 is 22.4 Å². The first kappa shape index (κ1) is 19.8. The number of ether oxygens (including phenoxy) is 1. The number of carbonyl (C=O) groups is 1. The van der Waals surface area contributed by atoms with Gasteiger partial charge in [0.15, 0.2) is 15.9 Å².